The lowest BCUT2D eigenvalue weighted by molar-refractivity contribution is 0.169. The predicted molar refractivity (Wildman–Crippen MR) is 110 cm³/mol. The van der Waals surface area contributed by atoms with Crippen molar-refractivity contribution >= 4 is 27.5 Å². The molecule has 1 heterocycles. The van der Waals surface area contributed by atoms with Crippen molar-refractivity contribution in [3.8, 4) is 0 Å². The molecule has 0 amide bonds. The van der Waals surface area contributed by atoms with E-state index in [1.807, 2.05) is 0 Å². The largest absolute Gasteiger partial charge is 0.389 e. The molecule has 0 spiro atoms. The molecule has 0 fully saturated rings. The second kappa shape index (κ2) is 6.85. The summed E-state index contributed by atoms with van der Waals surface area (Å²) in [4.78, 5) is 0. The first-order chi connectivity index (χ1) is 12.6. The van der Waals surface area contributed by atoms with Gasteiger partial charge in [0.15, 0.2) is 0 Å². The molecular formula is C23H24N2O. The summed E-state index contributed by atoms with van der Waals surface area (Å²) in [6.07, 6.45) is -0.479. The summed E-state index contributed by atoms with van der Waals surface area (Å²) in [6, 6.07) is 23.0. The number of hydrogen-bond donors (Lipinski definition) is 2. The summed E-state index contributed by atoms with van der Waals surface area (Å²) in [5.74, 6) is 0. The first kappa shape index (κ1) is 16.7. The topological polar surface area (TPSA) is 37.2 Å². The van der Waals surface area contributed by atoms with E-state index in [1.165, 1.54) is 32.9 Å². The highest BCUT2D eigenvalue weighted by atomic mass is 16.3. The summed E-state index contributed by atoms with van der Waals surface area (Å²) in [5.41, 5.74) is 5.86. The number of aromatic nitrogens is 1. The maximum absolute atomic E-state index is 10.7. The van der Waals surface area contributed by atoms with Crippen LogP contribution in [-0.4, -0.2) is 22.3 Å². The number of aliphatic hydroxyl groups is 1. The van der Waals surface area contributed by atoms with Crippen molar-refractivity contribution in [2.75, 3.05) is 11.9 Å². The van der Waals surface area contributed by atoms with Gasteiger partial charge in [-0.25, -0.2) is 0 Å². The molecule has 0 saturated carbocycles. The van der Waals surface area contributed by atoms with Crippen LogP contribution < -0.4 is 5.32 Å². The van der Waals surface area contributed by atoms with Gasteiger partial charge in [0.1, 0.15) is 0 Å². The van der Waals surface area contributed by atoms with E-state index in [4.69, 9.17) is 0 Å². The zero-order valence-corrected chi connectivity index (χ0v) is 15.2. The van der Waals surface area contributed by atoms with Gasteiger partial charge in [0.05, 0.1) is 12.6 Å². The van der Waals surface area contributed by atoms with E-state index in [1.54, 1.807) is 0 Å². The second-order valence-electron chi connectivity index (χ2n) is 6.95. The van der Waals surface area contributed by atoms with Crippen LogP contribution in [0.25, 0.3) is 21.8 Å². The Kier molecular flexibility index (Phi) is 4.39. The summed E-state index contributed by atoms with van der Waals surface area (Å²) in [5, 5.41) is 16.6. The molecule has 1 aromatic heterocycles. The highest BCUT2D eigenvalue weighted by molar-refractivity contribution is 6.07. The van der Waals surface area contributed by atoms with Gasteiger partial charge in [0, 0.05) is 34.0 Å². The third kappa shape index (κ3) is 2.95. The van der Waals surface area contributed by atoms with Gasteiger partial charge in [-0.15, -0.1) is 0 Å². The molecular weight excluding hydrogens is 320 g/mol. The lowest BCUT2D eigenvalue weighted by atomic mass is 10.1. The van der Waals surface area contributed by atoms with E-state index in [9.17, 15) is 5.11 Å². The number of aryl methyl sites for hydroxylation is 2. The van der Waals surface area contributed by atoms with Crippen LogP contribution in [0.1, 0.15) is 11.1 Å². The molecule has 132 valence electrons. The maximum atomic E-state index is 10.7. The van der Waals surface area contributed by atoms with Crippen LogP contribution >= 0.6 is 0 Å². The van der Waals surface area contributed by atoms with Crippen molar-refractivity contribution < 1.29 is 5.11 Å². The molecule has 3 nitrogen and oxygen atoms in total. The van der Waals surface area contributed by atoms with Gasteiger partial charge in [-0.1, -0.05) is 54.6 Å². The van der Waals surface area contributed by atoms with Crippen LogP contribution in [0.4, 0.5) is 5.69 Å². The van der Waals surface area contributed by atoms with E-state index in [0.717, 1.165) is 5.69 Å². The standard InChI is InChI=1S/C23H24N2O/c1-16-8-7-9-17(2)23(16)24-14-18(26)15-25-21-12-5-3-10-19(21)20-11-4-6-13-22(20)25/h3-13,18,24,26H,14-15H2,1-2H3. The van der Waals surface area contributed by atoms with Crippen molar-refractivity contribution in [3.05, 3.63) is 77.9 Å². The third-order valence-electron chi connectivity index (χ3n) is 5.07. The van der Waals surface area contributed by atoms with Gasteiger partial charge < -0.3 is 15.0 Å². The minimum Gasteiger partial charge on any atom is -0.389 e. The SMILES string of the molecule is Cc1cccc(C)c1NCC(O)Cn1c2ccccc2c2ccccc21. The molecule has 0 radical (unpaired) electrons. The third-order valence-corrected chi connectivity index (χ3v) is 5.07. The molecule has 0 aliphatic carbocycles. The van der Waals surface area contributed by atoms with Crippen LogP contribution in [0, 0.1) is 13.8 Å². The highest BCUT2D eigenvalue weighted by Gasteiger charge is 2.13. The van der Waals surface area contributed by atoms with Crippen molar-refractivity contribution in [2.45, 2.75) is 26.5 Å². The maximum Gasteiger partial charge on any atom is 0.0891 e. The molecule has 4 rings (SSSR count). The molecule has 26 heavy (non-hydrogen) atoms. The average molecular weight is 344 g/mol. The Balaban J connectivity index is 1.60. The minimum absolute atomic E-state index is 0.479. The summed E-state index contributed by atoms with van der Waals surface area (Å²) >= 11 is 0. The van der Waals surface area contributed by atoms with Crippen LogP contribution in [0.3, 0.4) is 0 Å². The number of nitrogens with zero attached hydrogens (tertiary/aromatic N) is 1. The number of fused-ring (bicyclic) bond motifs is 3. The monoisotopic (exact) mass is 344 g/mol. The smallest absolute Gasteiger partial charge is 0.0891 e. The van der Waals surface area contributed by atoms with Crippen LogP contribution in [-0.2, 0) is 6.54 Å². The number of aliphatic hydroxyl groups excluding tert-OH is 1. The number of nitrogens with one attached hydrogen (secondary N) is 1. The molecule has 2 N–H and O–H groups in total. The zero-order valence-electron chi connectivity index (χ0n) is 15.2. The van der Waals surface area contributed by atoms with Gasteiger partial charge in [-0.05, 0) is 37.1 Å². The Morgan fingerprint density at radius 1 is 0.808 bits per heavy atom. The van der Waals surface area contributed by atoms with Gasteiger partial charge in [-0.3, -0.25) is 0 Å². The Morgan fingerprint density at radius 3 is 1.92 bits per heavy atom. The van der Waals surface area contributed by atoms with Gasteiger partial charge in [-0.2, -0.15) is 0 Å². The minimum atomic E-state index is -0.479. The zero-order chi connectivity index (χ0) is 18.1. The number of para-hydroxylation sites is 3. The molecule has 3 heteroatoms. The quantitative estimate of drug-likeness (QED) is 0.541. The lowest BCUT2D eigenvalue weighted by Gasteiger charge is -2.18. The lowest BCUT2D eigenvalue weighted by Crippen LogP contribution is -2.25. The molecule has 3 aromatic carbocycles. The van der Waals surface area contributed by atoms with Crippen LogP contribution in [0.2, 0.25) is 0 Å². The fourth-order valence-electron chi connectivity index (χ4n) is 3.79. The fraction of sp³-hybridized carbons (Fsp3) is 0.217. The molecule has 0 bridgehead atoms. The summed E-state index contributed by atoms with van der Waals surface area (Å²) < 4.78 is 2.22. The molecule has 0 aliphatic heterocycles. The average Bonchev–Trinajstić information content (AvgIpc) is 2.96. The predicted octanol–water partition coefficient (Wildman–Crippen LogP) is 4.88. The van der Waals surface area contributed by atoms with Gasteiger partial charge in [0.25, 0.3) is 0 Å². The van der Waals surface area contributed by atoms with Crippen LogP contribution in [0.5, 0.6) is 0 Å². The number of anilines is 1. The number of benzene rings is 3. The first-order valence-corrected chi connectivity index (χ1v) is 9.09. The second-order valence-corrected chi connectivity index (χ2v) is 6.95. The van der Waals surface area contributed by atoms with E-state index in [2.05, 4.69) is 90.5 Å². The van der Waals surface area contributed by atoms with Gasteiger partial charge >= 0.3 is 0 Å². The first-order valence-electron chi connectivity index (χ1n) is 9.09. The van der Waals surface area contributed by atoms with E-state index in [0.29, 0.717) is 13.1 Å². The molecule has 1 atom stereocenters. The Hall–Kier alpha value is -2.78. The van der Waals surface area contributed by atoms with E-state index in [-0.39, 0.29) is 0 Å². The van der Waals surface area contributed by atoms with Crippen molar-refractivity contribution in [1.29, 1.82) is 0 Å². The Morgan fingerprint density at radius 2 is 1.35 bits per heavy atom. The molecule has 4 aromatic rings. The van der Waals surface area contributed by atoms with E-state index < -0.39 is 6.10 Å². The van der Waals surface area contributed by atoms with Crippen LogP contribution in [0.15, 0.2) is 66.7 Å². The Labute approximate surface area is 153 Å². The van der Waals surface area contributed by atoms with Gasteiger partial charge in [0.2, 0.25) is 0 Å². The number of hydrogen-bond acceptors (Lipinski definition) is 2. The normalized spacial score (nSPS) is 12.6. The Bertz CT molecular complexity index is 991. The van der Waals surface area contributed by atoms with Crippen molar-refractivity contribution in [2.24, 2.45) is 0 Å². The number of rotatable bonds is 5. The molecule has 1 unspecified atom stereocenters. The summed E-state index contributed by atoms with van der Waals surface area (Å²) in [6.45, 7) is 5.27. The molecule has 0 aliphatic rings. The van der Waals surface area contributed by atoms with Crippen molar-refractivity contribution in [3.63, 3.8) is 0 Å². The van der Waals surface area contributed by atoms with Crippen molar-refractivity contribution in [1.82, 2.24) is 4.57 Å². The fourth-order valence-corrected chi connectivity index (χ4v) is 3.79. The highest BCUT2D eigenvalue weighted by Crippen LogP contribution is 2.29. The molecule has 0 saturated heterocycles. The van der Waals surface area contributed by atoms with E-state index >= 15 is 0 Å². The summed E-state index contributed by atoms with van der Waals surface area (Å²) in [7, 11) is 0.